The number of carbonyl (C=O) groups excluding carboxylic acids is 2. The zero-order chi connectivity index (χ0) is 19.6. The van der Waals surface area contributed by atoms with E-state index < -0.39 is 6.04 Å². The summed E-state index contributed by atoms with van der Waals surface area (Å²) in [4.78, 5) is 24.9. The number of methoxy groups -OCH3 is 1. The van der Waals surface area contributed by atoms with Gasteiger partial charge in [0.15, 0.2) is 0 Å². The van der Waals surface area contributed by atoms with E-state index in [9.17, 15) is 9.59 Å². The van der Waals surface area contributed by atoms with Gasteiger partial charge in [0.1, 0.15) is 11.9 Å². The highest BCUT2D eigenvalue weighted by Gasteiger charge is 2.31. The Hall–Kier alpha value is -2.82. The maximum absolute atomic E-state index is 13.0. The molecule has 1 heterocycles. The average molecular weight is 367 g/mol. The average Bonchev–Trinajstić information content (AvgIpc) is 2.96. The van der Waals surface area contributed by atoms with Crippen molar-refractivity contribution in [2.75, 3.05) is 7.11 Å². The molecule has 0 aliphatic carbocycles. The first-order valence-electron chi connectivity index (χ1n) is 9.14. The monoisotopic (exact) mass is 367 g/mol. The molecule has 1 N–H and O–H groups in total. The second kappa shape index (κ2) is 7.82. The summed E-state index contributed by atoms with van der Waals surface area (Å²) in [5.41, 5.74) is 3.49. The van der Waals surface area contributed by atoms with Gasteiger partial charge in [-0.15, -0.1) is 0 Å². The molecule has 5 heteroatoms. The molecule has 3 rings (SSSR count). The van der Waals surface area contributed by atoms with Crippen LogP contribution in [0.5, 0.6) is 5.75 Å². The summed E-state index contributed by atoms with van der Waals surface area (Å²) >= 11 is 0. The molecule has 1 amide bonds. The number of amides is 1. The van der Waals surface area contributed by atoms with Crippen molar-refractivity contribution in [2.45, 2.75) is 45.3 Å². The number of hydrogen-bond acceptors (Lipinski definition) is 4. The molecule has 0 aromatic heterocycles. The normalized spacial score (nSPS) is 19.0. The first-order valence-corrected chi connectivity index (χ1v) is 9.14. The van der Waals surface area contributed by atoms with Crippen molar-refractivity contribution >= 4 is 11.9 Å². The standard InChI is InChI=1S/C22H25NO4/c1-13-8-10-16(11-9-13)19(12-20(24)26-4)23-22(25)18-7-5-6-17-14(2)15(3)27-21(17)18/h5-11,14-15,19H,12H2,1-4H3,(H,23,25)/t14-,15-,19-/m0/s1. The third-order valence-corrected chi connectivity index (χ3v) is 5.17. The van der Waals surface area contributed by atoms with Crippen LogP contribution in [0.1, 0.15) is 59.3 Å². The van der Waals surface area contributed by atoms with Gasteiger partial charge in [0.05, 0.1) is 25.1 Å². The maximum atomic E-state index is 13.0. The Morgan fingerprint density at radius 3 is 2.52 bits per heavy atom. The highest BCUT2D eigenvalue weighted by molar-refractivity contribution is 5.98. The minimum atomic E-state index is -0.474. The van der Waals surface area contributed by atoms with Crippen LogP contribution in [0.25, 0.3) is 0 Å². The molecule has 0 bridgehead atoms. The smallest absolute Gasteiger partial charge is 0.307 e. The minimum absolute atomic E-state index is 0.0249. The van der Waals surface area contributed by atoms with Crippen LogP contribution < -0.4 is 10.1 Å². The zero-order valence-electron chi connectivity index (χ0n) is 16.1. The summed E-state index contributed by atoms with van der Waals surface area (Å²) in [7, 11) is 1.34. The fraction of sp³-hybridized carbons (Fsp3) is 0.364. The number of aryl methyl sites for hydroxylation is 1. The van der Waals surface area contributed by atoms with Gasteiger partial charge in [0, 0.05) is 11.5 Å². The van der Waals surface area contributed by atoms with Crippen molar-refractivity contribution in [3.63, 3.8) is 0 Å². The number of rotatable bonds is 5. The van der Waals surface area contributed by atoms with E-state index in [-0.39, 0.29) is 30.3 Å². The zero-order valence-corrected chi connectivity index (χ0v) is 16.1. The van der Waals surface area contributed by atoms with Gasteiger partial charge < -0.3 is 14.8 Å². The van der Waals surface area contributed by atoms with Crippen LogP contribution in [0.15, 0.2) is 42.5 Å². The lowest BCUT2D eigenvalue weighted by Gasteiger charge is -2.19. The molecule has 0 spiro atoms. The van der Waals surface area contributed by atoms with Crippen molar-refractivity contribution < 1.29 is 19.1 Å². The molecule has 0 saturated heterocycles. The lowest BCUT2D eigenvalue weighted by atomic mass is 9.96. The van der Waals surface area contributed by atoms with Gasteiger partial charge in [0.25, 0.3) is 5.91 Å². The molecular weight excluding hydrogens is 342 g/mol. The Morgan fingerprint density at radius 2 is 1.85 bits per heavy atom. The molecule has 0 radical (unpaired) electrons. The van der Waals surface area contributed by atoms with Crippen LogP contribution >= 0.6 is 0 Å². The molecule has 3 atom stereocenters. The molecule has 2 aromatic carbocycles. The van der Waals surface area contributed by atoms with Crippen LogP contribution in [0.3, 0.4) is 0 Å². The van der Waals surface area contributed by atoms with Crippen LogP contribution in [-0.2, 0) is 9.53 Å². The number of fused-ring (bicyclic) bond motifs is 1. The van der Waals surface area contributed by atoms with E-state index in [0.717, 1.165) is 16.7 Å². The number of carbonyl (C=O) groups is 2. The number of ether oxygens (including phenoxy) is 2. The highest BCUT2D eigenvalue weighted by Crippen LogP contribution is 2.40. The number of hydrogen-bond donors (Lipinski definition) is 1. The lowest BCUT2D eigenvalue weighted by Crippen LogP contribution is -2.30. The fourth-order valence-electron chi connectivity index (χ4n) is 3.30. The van der Waals surface area contributed by atoms with Gasteiger partial charge in [-0.2, -0.15) is 0 Å². The summed E-state index contributed by atoms with van der Waals surface area (Å²) < 4.78 is 10.7. The summed E-state index contributed by atoms with van der Waals surface area (Å²) in [5, 5.41) is 2.97. The fourth-order valence-corrected chi connectivity index (χ4v) is 3.30. The van der Waals surface area contributed by atoms with Gasteiger partial charge in [0.2, 0.25) is 0 Å². The lowest BCUT2D eigenvalue weighted by molar-refractivity contribution is -0.141. The van der Waals surface area contributed by atoms with Gasteiger partial charge >= 0.3 is 5.97 Å². The first kappa shape index (κ1) is 19.0. The molecule has 1 aliphatic heterocycles. The number of benzene rings is 2. The highest BCUT2D eigenvalue weighted by atomic mass is 16.5. The minimum Gasteiger partial charge on any atom is -0.489 e. The Kier molecular flexibility index (Phi) is 5.49. The molecule has 0 saturated carbocycles. The molecule has 5 nitrogen and oxygen atoms in total. The van der Waals surface area contributed by atoms with Gasteiger partial charge in [-0.25, -0.2) is 0 Å². The SMILES string of the molecule is COC(=O)C[C@H](NC(=O)c1cccc2c1O[C@@H](C)[C@@H]2C)c1ccc(C)cc1. The summed E-state index contributed by atoms with van der Waals surface area (Å²) in [5.74, 6) is 0.228. The summed E-state index contributed by atoms with van der Waals surface area (Å²) in [6.07, 6.45) is 0.0884. The van der Waals surface area contributed by atoms with E-state index in [1.165, 1.54) is 7.11 Å². The van der Waals surface area contributed by atoms with Crippen molar-refractivity contribution in [1.82, 2.24) is 5.32 Å². The van der Waals surface area contributed by atoms with E-state index in [1.54, 1.807) is 6.07 Å². The van der Waals surface area contributed by atoms with Gasteiger partial charge in [-0.05, 0) is 25.5 Å². The summed E-state index contributed by atoms with van der Waals surface area (Å²) in [6, 6.07) is 12.9. The van der Waals surface area contributed by atoms with Gasteiger partial charge in [-0.1, -0.05) is 48.9 Å². The predicted molar refractivity (Wildman–Crippen MR) is 103 cm³/mol. The molecule has 27 heavy (non-hydrogen) atoms. The quantitative estimate of drug-likeness (QED) is 0.814. The second-order valence-electron chi connectivity index (χ2n) is 7.05. The number of nitrogens with one attached hydrogen (secondary N) is 1. The second-order valence-corrected chi connectivity index (χ2v) is 7.05. The van der Waals surface area contributed by atoms with Crippen LogP contribution in [-0.4, -0.2) is 25.1 Å². The number of para-hydroxylation sites is 1. The Labute approximate surface area is 159 Å². The van der Waals surface area contributed by atoms with Crippen molar-refractivity contribution in [3.8, 4) is 5.75 Å². The largest absolute Gasteiger partial charge is 0.489 e. The summed E-state index contributed by atoms with van der Waals surface area (Å²) in [6.45, 7) is 6.08. The molecular formula is C22H25NO4. The van der Waals surface area contributed by atoms with Crippen molar-refractivity contribution in [3.05, 3.63) is 64.7 Å². The molecule has 2 aromatic rings. The third kappa shape index (κ3) is 3.97. The van der Waals surface area contributed by atoms with Crippen LogP contribution in [0, 0.1) is 6.92 Å². The van der Waals surface area contributed by atoms with Crippen LogP contribution in [0.2, 0.25) is 0 Å². The van der Waals surface area contributed by atoms with Crippen molar-refractivity contribution in [1.29, 1.82) is 0 Å². The number of esters is 1. The third-order valence-electron chi connectivity index (χ3n) is 5.17. The van der Waals surface area contributed by atoms with E-state index >= 15 is 0 Å². The Balaban J connectivity index is 1.87. The molecule has 0 unspecified atom stereocenters. The molecule has 142 valence electrons. The molecule has 0 fully saturated rings. The van der Waals surface area contributed by atoms with E-state index in [1.807, 2.05) is 50.2 Å². The van der Waals surface area contributed by atoms with E-state index in [0.29, 0.717) is 11.3 Å². The van der Waals surface area contributed by atoms with Crippen LogP contribution in [0.4, 0.5) is 0 Å². The van der Waals surface area contributed by atoms with Crippen molar-refractivity contribution in [2.24, 2.45) is 0 Å². The maximum Gasteiger partial charge on any atom is 0.307 e. The Bertz CT molecular complexity index is 844. The van der Waals surface area contributed by atoms with E-state index in [4.69, 9.17) is 9.47 Å². The first-order chi connectivity index (χ1) is 12.9. The topological polar surface area (TPSA) is 64.6 Å². The Morgan fingerprint density at radius 1 is 1.15 bits per heavy atom. The predicted octanol–water partition coefficient (Wildman–Crippen LogP) is 3.91. The molecule has 1 aliphatic rings. The van der Waals surface area contributed by atoms with Gasteiger partial charge in [-0.3, -0.25) is 9.59 Å². The van der Waals surface area contributed by atoms with E-state index in [2.05, 4.69) is 12.2 Å².